The summed E-state index contributed by atoms with van der Waals surface area (Å²) in [5, 5.41) is 15.1. The Hall–Kier alpha value is -4.21. The number of carbonyl (C=O) groups is 1. The van der Waals surface area contributed by atoms with E-state index in [-0.39, 0.29) is 29.8 Å². The highest BCUT2D eigenvalue weighted by atomic mass is 28.4. The van der Waals surface area contributed by atoms with E-state index >= 15 is 0 Å². The molecule has 0 unspecified atom stereocenters. The Balaban J connectivity index is 1.33. The molecule has 0 aliphatic carbocycles. The molecule has 0 saturated carbocycles. The van der Waals surface area contributed by atoms with Crippen LogP contribution in [0.1, 0.15) is 79.0 Å². The van der Waals surface area contributed by atoms with Crippen molar-refractivity contribution in [2.75, 3.05) is 13.2 Å². The molecule has 0 saturated heterocycles. The molecule has 2 N–H and O–H groups in total. The van der Waals surface area contributed by atoms with Gasteiger partial charge in [-0.3, -0.25) is 0 Å². The minimum atomic E-state index is -2.15. The molecule has 5 rings (SSSR count). The fourth-order valence-electron chi connectivity index (χ4n) is 6.05. The second kappa shape index (κ2) is 16.9. The topological polar surface area (TPSA) is 82.0 Å². The molecule has 2 atom stereocenters. The summed E-state index contributed by atoms with van der Waals surface area (Å²) in [5.74, 6) is 0.366. The molecule has 1 aromatic heterocycles. The number of ether oxygens (including phenoxy) is 2. The van der Waals surface area contributed by atoms with Crippen LogP contribution in [0.3, 0.4) is 0 Å². The SMILES string of the molecule is CCOC(=O)c1cc2cc(C[C@@H](C)NC[C@@H](O[Si](C)(C)C(C)(C)C)c3ccc(OCc4ccccc4)c(CO)c3)ccc2n1Cc1ccccc1. The molecule has 4 aromatic carbocycles. The third kappa shape index (κ3) is 9.77. The van der Waals surface area contributed by atoms with E-state index in [9.17, 15) is 9.90 Å². The highest BCUT2D eigenvalue weighted by Crippen LogP contribution is 2.40. The van der Waals surface area contributed by atoms with Crippen LogP contribution in [0.15, 0.2) is 103 Å². The first kappa shape index (κ1) is 38.0. The molecule has 0 aliphatic heterocycles. The summed E-state index contributed by atoms with van der Waals surface area (Å²) in [6, 6.07) is 34.8. The van der Waals surface area contributed by atoms with Crippen LogP contribution in [0.4, 0.5) is 0 Å². The molecule has 0 radical (unpaired) electrons. The predicted molar refractivity (Wildman–Crippen MR) is 209 cm³/mol. The Bertz CT molecular complexity index is 1880. The zero-order chi connectivity index (χ0) is 36.6. The van der Waals surface area contributed by atoms with Crippen molar-refractivity contribution in [3.8, 4) is 5.75 Å². The Kier molecular flexibility index (Phi) is 12.6. The maximum absolute atomic E-state index is 13.0. The Labute approximate surface area is 304 Å². The lowest BCUT2D eigenvalue weighted by atomic mass is 10.0. The average Bonchev–Trinajstić information content (AvgIpc) is 3.46. The zero-order valence-corrected chi connectivity index (χ0v) is 32.2. The molecule has 8 heteroatoms. The van der Waals surface area contributed by atoms with Crippen LogP contribution in [0.25, 0.3) is 10.9 Å². The number of esters is 1. The summed E-state index contributed by atoms with van der Waals surface area (Å²) >= 11 is 0. The first-order valence-electron chi connectivity index (χ1n) is 18.0. The first-order valence-corrected chi connectivity index (χ1v) is 20.9. The van der Waals surface area contributed by atoms with Gasteiger partial charge < -0.3 is 28.9 Å². The number of aliphatic hydroxyl groups excluding tert-OH is 1. The fraction of sp³-hybridized carbons (Fsp3) is 0.372. The maximum atomic E-state index is 13.0. The standard InChI is InChI=1S/C43H54N2O5Si/c1-8-48-42(47)39-26-36-24-34(19-21-38(36)45(39)28-32-15-11-9-12-16-32)23-31(2)44-27-41(50-51(6,7)43(3,4)5)35-20-22-40(37(25-35)29-46)49-30-33-17-13-10-14-18-33/h9-22,24-26,31,41,44,46H,8,23,27-30H2,1-7H3/t31-,41-/m1/s1. The van der Waals surface area contributed by atoms with Gasteiger partial charge in [-0.1, -0.05) is 93.6 Å². The summed E-state index contributed by atoms with van der Waals surface area (Å²) in [5.41, 5.74) is 6.70. The molecular weight excluding hydrogens is 653 g/mol. The lowest BCUT2D eigenvalue weighted by Gasteiger charge is -2.40. The highest BCUT2D eigenvalue weighted by Gasteiger charge is 2.39. The van der Waals surface area contributed by atoms with E-state index in [1.54, 1.807) is 0 Å². The molecule has 0 spiro atoms. The van der Waals surface area contributed by atoms with Crippen LogP contribution >= 0.6 is 0 Å². The molecule has 0 amide bonds. The van der Waals surface area contributed by atoms with Gasteiger partial charge in [0.15, 0.2) is 8.32 Å². The van der Waals surface area contributed by atoms with Gasteiger partial charge >= 0.3 is 5.97 Å². The monoisotopic (exact) mass is 706 g/mol. The number of hydrogen-bond donors (Lipinski definition) is 2. The molecule has 51 heavy (non-hydrogen) atoms. The van der Waals surface area contributed by atoms with Crippen LogP contribution in [-0.2, 0) is 35.3 Å². The molecule has 0 aliphatic rings. The number of nitrogens with zero attached hydrogens (tertiary/aromatic N) is 1. The lowest BCUT2D eigenvalue weighted by molar-refractivity contribution is 0.0515. The van der Waals surface area contributed by atoms with Crippen molar-refractivity contribution < 1.29 is 23.8 Å². The van der Waals surface area contributed by atoms with Gasteiger partial charge in [0, 0.05) is 35.6 Å². The van der Waals surface area contributed by atoms with Gasteiger partial charge in [-0.2, -0.15) is 0 Å². The normalized spacial score (nSPS) is 13.3. The smallest absolute Gasteiger partial charge is 0.354 e. The lowest BCUT2D eigenvalue weighted by Crippen LogP contribution is -2.44. The summed E-state index contributed by atoms with van der Waals surface area (Å²) in [6.07, 6.45) is 0.596. The predicted octanol–water partition coefficient (Wildman–Crippen LogP) is 9.22. The average molecular weight is 707 g/mol. The number of aromatic nitrogens is 1. The van der Waals surface area contributed by atoms with Gasteiger partial charge in [0.1, 0.15) is 18.1 Å². The number of aliphatic hydroxyl groups is 1. The number of fused-ring (bicyclic) bond motifs is 1. The van der Waals surface area contributed by atoms with Gasteiger partial charge in [-0.25, -0.2) is 4.79 Å². The van der Waals surface area contributed by atoms with Crippen LogP contribution in [-0.4, -0.2) is 43.2 Å². The number of carbonyl (C=O) groups excluding carboxylic acids is 1. The number of nitrogens with one attached hydrogen (secondary N) is 1. The zero-order valence-electron chi connectivity index (χ0n) is 31.2. The van der Waals surface area contributed by atoms with E-state index in [1.165, 1.54) is 5.56 Å². The van der Waals surface area contributed by atoms with E-state index in [4.69, 9.17) is 13.9 Å². The molecule has 0 bridgehead atoms. The summed E-state index contributed by atoms with van der Waals surface area (Å²) in [6.45, 7) is 17.2. The van der Waals surface area contributed by atoms with E-state index in [0.29, 0.717) is 37.7 Å². The van der Waals surface area contributed by atoms with Gasteiger partial charge in [0.05, 0.1) is 19.3 Å². The second-order valence-corrected chi connectivity index (χ2v) is 19.7. The van der Waals surface area contributed by atoms with Crippen LogP contribution in [0, 0.1) is 0 Å². The highest BCUT2D eigenvalue weighted by molar-refractivity contribution is 6.74. The summed E-state index contributed by atoms with van der Waals surface area (Å²) in [7, 11) is -2.15. The molecule has 7 nitrogen and oxygen atoms in total. The van der Waals surface area contributed by atoms with Gasteiger partial charge in [0.25, 0.3) is 0 Å². The van der Waals surface area contributed by atoms with Crippen molar-refractivity contribution in [1.29, 1.82) is 0 Å². The van der Waals surface area contributed by atoms with Crippen LogP contribution in [0.2, 0.25) is 18.1 Å². The Morgan fingerprint density at radius 1 is 0.882 bits per heavy atom. The summed E-state index contributed by atoms with van der Waals surface area (Å²) < 4.78 is 20.6. The minimum absolute atomic E-state index is 0.0319. The van der Waals surface area contributed by atoms with E-state index in [2.05, 4.69) is 87.1 Å². The van der Waals surface area contributed by atoms with Crippen molar-refractivity contribution in [3.63, 3.8) is 0 Å². The number of rotatable bonds is 16. The van der Waals surface area contributed by atoms with E-state index < -0.39 is 8.32 Å². The fourth-order valence-corrected chi connectivity index (χ4v) is 7.34. The molecule has 270 valence electrons. The van der Waals surface area contributed by atoms with Crippen molar-refractivity contribution in [2.45, 2.75) is 91.1 Å². The molecular formula is C43H54N2O5Si. The van der Waals surface area contributed by atoms with Crippen molar-refractivity contribution >= 4 is 25.2 Å². The maximum Gasteiger partial charge on any atom is 0.354 e. The molecule has 1 heterocycles. The van der Waals surface area contributed by atoms with Crippen molar-refractivity contribution in [3.05, 3.63) is 137 Å². The number of benzene rings is 4. The Morgan fingerprint density at radius 3 is 2.22 bits per heavy atom. The van der Waals surface area contributed by atoms with Crippen LogP contribution < -0.4 is 10.1 Å². The van der Waals surface area contributed by atoms with Crippen LogP contribution in [0.5, 0.6) is 5.75 Å². The van der Waals surface area contributed by atoms with Gasteiger partial charge in [-0.15, -0.1) is 0 Å². The summed E-state index contributed by atoms with van der Waals surface area (Å²) in [4.78, 5) is 13.0. The van der Waals surface area contributed by atoms with E-state index in [0.717, 1.165) is 39.6 Å². The van der Waals surface area contributed by atoms with E-state index in [1.807, 2.05) is 73.7 Å². The minimum Gasteiger partial charge on any atom is -0.489 e. The third-order valence-corrected chi connectivity index (χ3v) is 14.4. The number of hydrogen-bond acceptors (Lipinski definition) is 6. The van der Waals surface area contributed by atoms with Gasteiger partial charge in [0.2, 0.25) is 0 Å². The first-order chi connectivity index (χ1) is 24.4. The molecule has 5 aromatic rings. The van der Waals surface area contributed by atoms with Crippen molar-refractivity contribution in [1.82, 2.24) is 9.88 Å². The van der Waals surface area contributed by atoms with Crippen molar-refractivity contribution in [2.24, 2.45) is 0 Å². The largest absolute Gasteiger partial charge is 0.489 e. The molecule has 0 fully saturated rings. The second-order valence-electron chi connectivity index (χ2n) is 14.9. The third-order valence-electron chi connectivity index (χ3n) is 9.93. The Morgan fingerprint density at radius 2 is 1.57 bits per heavy atom. The quantitative estimate of drug-likeness (QED) is 0.0787. The van der Waals surface area contributed by atoms with Gasteiger partial charge in [-0.05, 0) is 91.0 Å².